The van der Waals surface area contributed by atoms with E-state index in [4.69, 9.17) is 23.9 Å². The Morgan fingerprint density at radius 1 is 0.978 bits per heavy atom. The molecule has 11 nitrogen and oxygen atoms in total. The zero-order valence-corrected chi connectivity index (χ0v) is 24.7. The number of hydrogen-bond donors (Lipinski definition) is 1. The number of hydrogen-bond acceptors (Lipinski definition) is 9. The quantitative estimate of drug-likeness (QED) is 0.204. The molecule has 4 aromatic heterocycles. The second-order valence-electron chi connectivity index (χ2n) is 12.3. The molecule has 0 amide bonds. The van der Waals surface area contributed by atoms with E-state index in [0.29, 0.717) is 41.9 Å². The Bertz CT molecular complexity index is 1890. The van der Waals surface area contributed by atoms with Crippen LogP contribution < -0.4 is 4.74 Å². The van der Waals surface area contributed by atoms with Crippen molar-refractivity contribution in [2.45, 2.75) is 69.7 Å². The number of nitrogens with zero attached hydrogens (tertiary/aromatic N) is 6. The first kappa shape index (κ1) is 28.1. The molecule has 45 heavy (non-hydrogen) atoms. The number of rotatable bonds is 10. The van der Waals surface area contributed by atoms with Crippen molar-refractivity contribution in [2.24, 2.45) is 0 Å². The number of piperidine rings is 1. The number of pyridine rings is 2. The van der Waals surface area contributed by atoms with Gasteiger partial charge >= 0.3 is 5.97 Å². The lowest BCUT2D eigenvalue weighted by Crippen LogP contribution is -2.35. The van der Waals surface area contributed by atoms with E-state index >= 15 is 0 Å². The van der Waals surface area contributed by atoms with E-state index in [0.717, 1.165) is 74.4 Å². The van der Waals surface area contributed by atoms with Crippen molar-refractivity contribution in [1.29, 1.82) is 0 Å². The highest BCUT2D eigenvalue weighted by atomic mass is 19.1. The van der Waals surface area contributed by atoms with Gasteiger partial charge in [-0.15, -0.1) is 0 Å². The number of fused-ring (bicyclic) bond motifs is 2. The van der Waals surface area contributed by atoms with E-state index in [1.807, 2.05) is 12.1 Å². The maximum atomic E-state index is 14.7. The van der Waals surface area contributed by atoms with E-state index in [-0.39, 0.29) is 29.9 Å². The normalized spacial score (nSPS) is 19.3. The van der Waals surface area contributed by atoms with Gasteiger partial charge < -0.3 is 23.6 Å². The van der Waals surface area contributed by atoms with Crippen LogP contribution in [0.1, 0.15) is 77.3 Å². The lowest BCUT2D eigenvalue weighted by molar-refractivity contribution is -0.0592. The molecule has 1 N–H and O–H groups in total. The molecule has 3 aliphatic rings. The van der Waals surface area contributed by atoms with Gasteiger partial charge in [0, 0.05) is 35.8 Å². The number of carboxylic acid groups (broad SMARTS) is 1. The van der Waals surface area contributed by atoms with Gasteiger partial charge in [-0.2, -0.15) is 9.37 Å². The van der Waals surface area contributed by atoms with Crippen molar-refractivity contribution in [2.75, 3.05) is 19.7 Å². The highest BCUT2D eigenvalue weighted by Crippen LogP contribution is 2.40. The molecule has 2 saturated heterocycles. The molecule has 1 saturated carbocycles. The summed E-state index contributed by atoms with van der Waals surface area (Å²) in [6, 6.07) is 12.5. The summed E-state index contributed by atoms with van der Waals surface area (Å²) < 4.78 is 34.1. The predicted molar refractivity (Wildman–Crippen MR) is 161 cm³/mol. The number of benzene rings is 1. The number of carbonyl (C=O) groups is 1. The first-order chi connectivity index (χ1) is 22.0. The third kappa shape index (κ3) is 5.75. The van der Waals surface area contributed by atoms with Crippen LogP contribution in [0, 0.1) is 5.95 Å². The van der Waals surface area contributed by atoms with Crippen LogP contribution in [-0.2, 0) is 24.4 Å². The van der Waals surface area contributed by atoms with Crippen LogP contribution in [0.25, 0.3) is 22.3 Å². The fraction of sp³-hybridized carbons (Fsp3) is 0.424. The minimum Gasteiger partial charge on any atom is -0.478 e. The molecule has 0 radical (unpaired) electrons. The number of oxazole rings is 1. The van der Waals surface area contributed by atoms with Crippen molar-refractivity contribution >= 4 is 28.2 Å². The summed E-state index contributed by atoms with van der Waals surface area (Å²) in [5, 5.41) is 9.53. The molecular formula is C33H33FN6O5. The summed E-state index contributed by atoms with van der Waals surface area (Å²) in [6.07, 6.45) is 5.05. The Hall–Kier alpha value is -4.42. The van der Waals surface area contributed by atoms with Gasteiger partial charge in [0.2, 0.25) is 23.4 Å². The molecule has 0 unspecified atom stereocenters. The third-order valence-electron chi connectivity index (χ3n) is 9.10. The first-order valence-electron chi connectivity index (χ1n) is 15.6. The first-order valence-corrected chi connectivity index (χ1v) is 15.6. The highest BCUT2D eigenvalue weighted by molar-refractivity contribution is 5.92. The molecule has 1 aromatic carbocycles. The molecule has 5 aromatic rings. The van der Waals surface area contributed by atoms with Crippen LogP contribution in [0.3, 0.4) is 0 Å². The van der Waals surface area contributed by atoms with Crippen molar-refractivity contribution in [1.82, 2.24) is 29.4 Å². The van der Waals surface area contributed by atoms with E-state index < -0.39 is 11.9 Å². The molecule has 2 aliphatic heterocycles. The van der Waals surface area contributed by atoms with Gasteiger partial charge in [-0.05, 0) is 75.5 Å². The molecule has 0 bridgehead atoms. The molecule has 8 rings (SSSR count). The van der Waals surface area contributed by atoms with Gasteiger partial charge in [-0.1, -0.05) is 6.07 Å². The van der Waals surface area contributed by atoms with E-state index in [1.54, 1.807) is 30.3 Å². The Balaban J connectivity index is 0.918. The van der Waals surface area contributed by atoms with Crippen LogP contribution in [0.2, 0.25) is 0 Å². The Morgan fingerprint density at radius 2 is 1.82 bits per heavy atom. The molecule has 1 atom stereocenters. The second kappa shape index (κ2) is 11.5. The Labute approximate surface area is 258 Å². The van der Waals surface area contributed by atoms with E-state index in [2.05, 4.69) is 19.4 Å². The van der Waals surface area contributed by atoms with Crippen LogP contribution in [0.15, 0.2) is 46.9 Å². The van der Waals surface area contributed by atoms with Gasteiger partial charge in [-0.3, -0.25) is 4.90 Å². The fourth-order valence-corrected chi connectivity index (χ4v) is 6.25. The summed E-state index contributed by atoms with van der Waals surface area (Å²) in [4.78, 5) is 32.1. The van der Waals surface area contributed by atoms with Crippen molar-refractivity contribution in [3.63, 3.8) is 0 Å². The van der Waals surface area contributed by atoms with E-state index in [9.17, 15) is 14.3 Å². The Morgan fingerprint density at radius 3 is 2.58 bits per heavy atom. The minimum atomic E-state index is -0.948. The summed E-state index contributed by atoms with van der Waals surface area (Å²) in [5.74, 6) is 1.02. The van der Waals surface area contributed by atoms with Crippen LogP contribution in [0.5, 0.6) is 5.88 Å². The number of carboxylic acids is 1. The number of likely N-dealkylation sites (tertiary alicyclic amines) is 1. The average Bonchev–Trinajstić information content (AvgIpc) is 3.71. The summed E-state index contributed by atoms with van der Waals surface area (Å²) in [7, 11) is 0. The lowest BCUT2D eigenvalue weighted by Gasteiger charge is -2.32. The molecule has 6 heterocycles. The molecule has 12 heteroatoms. The maximum Gasteiger partial charge on any atom is 0.335 e. The van der Waals surface area contributed by atoms with E-state index in [1.165, 1.54) is 0 Å². The molecular weight excluding hydrogens is 579 g/mol. The minimum absolute atomic E-state index is 0.00382. The van der Waals surface area contributed by atoms with Crippen molar-refractivity contribution < 1.29 is 28.2 Å². The highest BCUT2D eigenvalue weighted by Gasteiger charge is 2.30. The SMILES string of the molecule is O=C(O)c1ccc2nc(CN3CCC(c4cccc(OCc5cc6nc(C7CC7)oc6nc5F)n4)CC3)n(C[C@@H]3CCO3)c2c1. The Kier molecular flexibility index (Phi) is 7.17. The topological polar surface area (TPSA) is 129 Å². The van der Waals surface area contributed by atoms with Gasteiger partial charge in [0.15, 0.2) is 0 Å². The zero-order valence-electron chi connectivity index (χ0n) is 24.7. The average molecular weight is 613 g/mol. The standard InChI is InChI=1S/C33H33FN6O5/c34-30-22(14-26-32(38-30)45-31(37-26)20-4-5-20)18-44-29-3-1-2-24(36-29)19-8-11-39(12-9-19)17-28-35-25-7-6-21(33(41)42)15-27(25)40(28)16-23-10-13-43-23/h1-3,6-7,14-15,19-20,23H,4-5,8-13,16-18H2,(H,41,42)/t23-/m0/s1. The largest absolute Gasteiger partial charge is 0.478 e. The summed E-state index contributed by atoms with van der Waals surface area (Å²) >= 11 is 0. The zero-order chi connectivity index (χ0) is 30.5. The summed E-state index contributed by atoms with van der Waals surface area (Å²) in [5.41, 5.74) is 3.92. The van der Waals surface area contributed by atoms with Gasteiger partial charge in [0.25, 0.3) is 0 Å². The molecule has 0 spiro atoms. The van der Waals surface area contributed by atoms with Gasteiger partial charge in [-0.25, -0.2) is 19.7 Å². The van der Waals surface area contributed by atoms with Crippen molar-refractivity contribution in [3.8, 4) is 5.88 Å². The number of halogens is 1. The molecule has 1 aliphatic carbocycles. The second-order valence-corrected chi connectivity index (χ2v) is 12.3. The summed E-state index contributed by atoms with van der Waals surface area (Å²) in [6.45, 7) is 3.84. The number of aromatic carboxylic acids is 1. The smallest absolute Gasteiger partial charge is 0.335 e. The monoisotopic (exact) mass is 612 g/mol. The maximum absolute atomic E-state index is 14.7. The number of aromatic nitrogens is 5. The fourth-order valence-electron chi connectivity index (χ4n) is 6.25. The van der Waals surface area contributed by atoms with Crippen LogP contribution in [-0.4, -0.2) is 66.3 Å². The van der Waals surface area contributed by atoms with Crippen LogP contribution in [0.4, 0.5) is 4.39 Å². The molecule has 232 valence electrons. The van der Waals surface area contributed by atoms with Crippen LogP contribution >= 0.6 is 0 Å². The third-order valence-corrected chi connectivity index (χ3v) is 9.10. The lowest BCUT2D eigenvalue weighted by atomic mass is 9.93. The molecule has 3 fully saturated rings. The number of ether oxygens (including phenoxy) is 2. The van der Waals surface area contributed by atoms with Gasteiger partial charge in [0.05, 0.1) is 35.8 Å². The van der Waals surface area contributed by atoms with Crippen molar-refractivity contribution in [3.05, 3.63) is 76.9 Å². The number of imidazole rings is 1. The van der Waals surface area contributed by atoms with Gasteiger partial charge in [0.1, 0.15) is 17.9 Å². The predicted octanol–water partition coefficient (Wildman–Crippen LogP) is 5.43.